The zero-order valence-corrected chi connectivity index (χ0v) is 9.62. The van der Waals surface area contributed by atoms with Crippen molar-refractivity contribution in [1.82, 2.24) is 10.2 Å². The van der Waals surface area contributed by atoms with Gasteiger partial charge in [-0.3, -0.25) is 14.2 Å². The van der Waals surface area contributed by atoms with E-state index in [1.54, 1.807) is 0 Å². The monoisotopic (exact) mass is 238 g/mol. The van der Waals surface area contributed by atoms with Crippen molar-refractivity contribution >= 4 is 19.4 Å². The van der Waals surface area contributed by atoms with Gasteiger partial charge < -0.3 is 10.2 Å². The molecule has 0 aromatic carbocycles. The average molecular weight is 238 g/mol. The Kier molecular flexibility index (Phi) is 4.93. The van der Waals surface area contributed by atoms with Crippen LogP contribution in [0.3, 0.4) is 0 Å². The van der Waals surface area contributed by atoms with Gasteiger partial charge in [0, 0.05) is 6.66 Å². The molecule has 0 amide bonds. The number of hydrogen-bond donors (Lipinski definition) is 4. The first-order chi connectivity index (χ1) is 6.65. The van der Waals surface area contributed by atoms with Gasteiger partial charge >= 0.3 is 11.9 Å². The van der Waals surface area contributed by atoms with Gasteiger partial charge in [0.2, 0.25) is 7.44 Å². The molecule has 0 spiro atoms. The molecule has 15 heavy (non-hydrogen) atoms. The quantitative estimate of drug-likeness (QED) is 0.479. The van der Waals surface area contributed by atoms with Crippen molar-refractivity contribution in [3.05, 3.63) is 0 Å². The van der Waals surface area contributed by atoms with Crippen molar-refractivity contribution in [2.24, 2.45) is 0 Å². The van der Waals surface area contributed by atoms with Crippen molar-refractivity contribution in [3.63, 3.8) is 0 Å². The molecule has 7 nitrogen and oxygen atoms in total. The van der Waals surface area contributed by atoms with Crippen LogP contribution in [-0.4, -0.2) is 40.9 Å². The molecule has 0 bridgehead atoms. The number of carboxylic acids is 2. The predicted octanol–water partition coefficient (Wildman–Crippen LogP) is -0.0653. The molecule has 0 saturated carbocycles. The highest BCUT2D eigenvalue weighted by atomic mass is 31.2. The second-order valence-corrected chi connectivity index (χ2v) is 5.67. The first-order valence-electron chi connectivity index (χ1n) is 4.24. The molecule has 0 aliphatic heterocycles. The third-order valence-corrected chi connectivity index (χ3v) is 3.38. The zero-order valence-electron chi connectivity index (χ0n) is 8.72. The van der Waals surface area contributed by atoms with E-state index in [9.17, 15) is 14.2 Å². The first-order valence-corrected chi connectivity index (χ1v) is 6.40. The molecule has 88 valence electrons. The van der Waals surface area contributed by atoms with Crippen LogP contribution in [0.5, 0.6) is 0 Å². The topological polar surface area (TPSA) is 116 Å². The van der Waals surface area contributed by atoms with Crippen LogP contribution in [0.4, 0.5) is 0 Å². The zero-order chi connectivity index (χ0) is 12.2. The maximum absolute atomic E-state index is 11.7. The van der Waals surface area contributed by atoms with E-state index in [0.29, 0.717) is 0 Å². The van der Waals surface area contributed by atoms with Crippen LogP contribution in [-0.2, 0) is 14.2 Å². The van der Waals surface area contributed by atoms with Gasteiger partial charge in [-0.25, -0.2) is 10.2 Å². The Morgan fingerprint density at radius 1 is 1.07 bits per heavy atom. The third kappa shape index (κ3) is 5.51. The van der Waals surface area contributed by atoms with Gasteiger partial charge in [0.15, 0.2) is 0 Å². The van der Waals surface area contributed by atoms with E-state index < -0.39 is 31.5 Å². The summed E-state index contributed by atoms with van der Waals surface area (Å²) in [7, 11) is -3.17. The summed E-state index contributed by atoms with van der Waals surface area (Å²) < 4.78 is 11.7. The Hall–Kier alpha value is -0.910. The number of aliphatic carboxylic acids is 2. The summed E-state index contributed by atoms with van der Waals surface area (Å²) in [6.07, 6.45) is 0. The maximum atomic E-state index is 11.7. The number of carboxylic acid groups (broad SMARTS) is 2. The third-order valence-electron chi connectivity index (χ3n) is 1.62. The minimum atomic E-state index is -3.17. The molecule has 0 saturated heterocycles. The van der Waals surface area contributed by atoms with Gasteiger partial charge in [0.1, 0.15) is 12.1 Å². The van der Waals surface area contributed by atoms with Gasteiger partial charge in [0.25, 0.3) is 0 Å². The molecule has 0 aromatic rings. The normalized spacial score (nSPS) is 18.9. The minimum absolute atomic E-state index is 1.01. The fourth-order valence-electron chi connectivity index (χ4n) is 0.887. The van der Waals surface area contributed by atoms with E-state index in [2.05, 4.69) is 10.2 Å². The summed E-state index contributed by atoms with van der Waals surface area (Å²) in [4.78, 5) is 20.9. The molecule has 0 radical (unpaired) electrons. The Labute approximate surface area is 87.3 Å². The van der Waals surface area contributed by atoms with Crippen molar-refractivity contribution in [2.45, 2.75) is 25.9 Å². The van der Waals surface area contributed by atoms with Crippen molar-refractivity contribution in [1.29, 1.82) is 0 Å². The van der Waals surface area contributed by atoms with Gasteiger partial charge in [-0.2, -0.15) is 0 Å². The highest BCUT2D eigenvalue weighted by Crippen LogP contribution is 2.31. The van der Waals surface area contributed by atoms with E-state index in [-0.39, 0.29) is 0 Å². The summed E-state index contributed by atoms with van der Waals surface area (Å²) in [6, 6.07) is -2.01. The van der Waals surface area contributed by atoms with E-state index >= 15 is 0 Å². The second-order valence-electron chi connectivity index (χ2n) is 3.30. The van der Waals surface area contributed by atoms with E-state index in [0.717, 1.165) is 0 Å². The number of rotatable bonds is 6. The standard InChI is InChI=1S/C7H15N2O5P/c1-4(6(10)11)8-15(3,14)9-5(2)7(12)13/h4-5H,1-3H3,(H,10,11)(H,12,13)(H2,8,9,14)/t4-,5?,15?/m1/s1. The second kappa shape index (κ2) is 5.25. The van der Waals surface area contributed by atoms with Gasteiger partial charge in [-0.15, -0.1) is 0 Å². The number of nitrogens with one attached hydrogen (secondary N) is 2. The van der Waals surface area contributed by atoms with Crippen LogP contribution < -0.4 is 10.2 Å². The number of hydrogen-bond acceptors (Lipinski definition) is 3. The highest BCUT2D eigenvalue weighted by Gasteiger charge is 2.25. The van der Waals surface area contributed by atoms with Crippen LogP contribution >= 0.6 is 7.44 Å². The molecular weight excluding hydrogens is 223 g/mol. The Morgan fingerprint density at radius 2 is 1.33 bits per heavy atom. The fourth-order valence-corrected chi connectivity index (χ4v) is 2.66. The largest absolute Gasteiger partial charge is 0.480 e. The molecular formula is C7H15N2O5P. The molecule has 8 heteroatoms. The molecule has 3 atom stereocenters. The fraction of sp³-hybridized carbons (Fsp3) is 0.714. The average Bonchev–Trinajstić information content (AvgIpc) is 2.01. The Balaban J connectivity index is 4.37. The molecule has 0 fully saturated rings. The molecule has 0 rings (SSSR count). The molecule has 0 aliphatic carbocycles. The van der Waals surface area contributed by atoms with E-state index in [1.165, 1.54) is 20.5 Å². The Bertz CT molecular complexity index is 280. The summed E-state index contributed by atoms with van der Waals surface area (Å²) in [5.74, 6) is -2.30. The van der Waals surface area contributed by atoms with Gasteiger partial charge in [-0.1, -0.05) is 0 Å². The maximum Gasteiger partial charge on any atom is 0.320 e. The summed E-state index contributed by atoms with van der Waals surface area (Å²) in [6.45, 7) is 3.89. The summed E-state index contributed by atoms with van der Waals surface area (Å²) >= 11 is 0. The van der Waals surface area contributed by atoms with Crippen LogP contribution in [0.1, 0.15) is 13.8 Å². The lowest BCUT2D eigenvalue weighted by atomic mass is 10.4. The van der Waals surface area contributed by atoms with Crippen LogP contribution in [0.15, 0.2) is 0 Å². The highest BCUT2D eigenvalue weighted by molar-refractivity contribution is 7.59. The molecule has 0 aliphatic rings. The molecule has 0 heterocycles. The lowest BCUT2D eigenvalue weighted by Gasteiger charge is -2.20. The van der Waals surface area contributed by atoms with Gasteiger partial charge in [0.05, 0.1) is 0 Å². The van der Waals surface area contributed by atoms with E-state index in [4.69, 9.17) is 10.2 Å². The molecule has 2 unspecified atom stereocenters. The number of carbonyl (C=O) groups is 2. The van der Waals surface area contributed by atoms with Crippen molar-refractivity contribution in [3.8, 4) is 0 Å². The molecule has 0 aromatic heterocycles. The van der Waals surface area contributed by atoms with Gasteiger partial charge in [-0.05, 0) is 13.8 Å². The van der Waals surface area contributed by atoms with Crippen molar-refractivity contribution in [2.75, 3.05) is 6.66 Å². The SMILES string of the molecule is CC(NP(C)(=O)N[C@H](C)C(=O)O)C(=O)O. The molecule has 4 N–H and O–H groups in total. The van der Waals surface area contributed by atoms with Crippen molar-refractivity contribution < 1.29 is 24.4 Å². The Morgan fingerprint density at radius 3 is 1.53 bits per heavy atom. The minimum Gasteiger partial charge on any atom is -0.480 e. The summed E-state index contributed by atoms with van der Waals surface area (Å²) in [5, 5.41) is 21.8. The first kappa shape index (κ1) is 14.1. The lowest BCUT2D eigenvalue weighted by Crippen LogP contribution is -2.40. The van der Waals surface area contributed by atoms with Crippen LogP contribution in [0, 0.1) is 0 Å². The predicted molar refractivity (Wildman–Crippen MR) is 54.0 cm³/mol. The van der Waals surface area contributed by atoms with Crippen LogP contribution in [0.25, 0.3) is 0 Å². The smallest absolute Gasteiger partial charge is 0.320 e. The lowest BCUT2D eigenvalue weighted by molar-refractivity contribution is -0.139. The van der Waals surface area contributed by atoms with E-state index in [1.807, 2.05) is 0 Å². The van der Waals surface area contributed by atoms with Crippen LogP contribution in [0.2, 0.25) is 0 Å². The summed E-state index contributed by atoms with van der Waals surface area (Å²) in [5.41, 5.74) is 0.